The number of pyridine rings is 1. The minimum atomic E-state index is -0.614. The minimum absolute atomic E-state index is 0.0287. The lowest BCUT2D eigenvalue weighted by Gasteiger charge is -2.09. The molecule has 0 atom stereocenters. The highest BCUT2D eigenvalue weighted by atomic mass is 16.5. The topological polar surface area (TPSA) is 109 Å². The maximum Gasteiger partial charge on any atom is 0.267 e. The van der Waals surface area contributed by atoms with Crippen molar-refractivity contribution in [3.05, 3.63) is 77.5 Å². The Labute approximate surface area is 156 Å². The van der Waals surface area contributed by atoms with Gasteiger partial charge < -0.3 is 15.6 Å². The van der Waals surface area contributed by atoms with E-state index in [-0.39, 0.29) is 12.3 Å². The van der Waals surface area contributed by atoms with E-state index in [0.717, 1.165) is 11.1 Å². The summed E-state index contributed by atoms with van der Waals surface area (Å²) < 4.78 is 5.76. The smallest absolute Gasteiger partial charge is 0.267 e. The van der Waals surface area contributed by atoms with Crippen molar-refractivity contribution >= 4 is 5.91 Å². The molecule has 2 aromatic carbocycles. The summed E-state index contributed by atoms with van der Waals surface area (Å²) in [5.41, 5.74) is 8.26. The lowest BCUT2D eigenvalue weighted by atomic mass is 10.1. The van der Waals surface area contributed by atoms with E-state index < -0.39 is 5.91 Å². The van der Waals surface area contributed by atoms with E-state index in [1.54, 1.807) is 42.5 Å². The highest BCUT2D eigenvalue weighted by molar-refractivity contribution is 5.91. The maximum absolute atomic E-state index is 11.5. The zero-order chi connectivity index (χ0) is 19.2. The number of hydrogen-bond acceptors (Lipinski definition) is 5. The summed E-state index contributed by atoms with van der Waals surface area (Å²) >= 11 is 0. The molecule has 0 aliphatic carbocycles. The molecule has 3 N–H and O–H groups in total. The Bertz CT molecular complexity index is 991. The van der Waals surface area contributed by atoms with Crippen LogP contribution in [0.2, 0.25) is 0 Å². The van der Waals surface area contributed by atoms with E-state index in [4.69, 9.17) is 20.8 Å². The molecular weight excluding hydrogens is 342 g/mol. The second-order valence-corrected chi connectivity index (χ2v) is 5.85. The van der Waals surface area contributed by atoms with E-state index in [2.05, 4.69) is 11.1 Å². The number of carbonyl (C=O) groups is 1. The highest BCUT2D eigenvalue weighted by Gasteiger charge is 2.09. The van der Waals surface area contributed by atoms with Gasteiger partial charge in [-0.05, 0) is 72.6 Å². The van der Waals surface area contributed by atoms with Gasteiger partial charge in [0, 0.05) is 12.2 Å². The van der Waals surface area contributed by atoms with Crippen molar-refractivity contribution in [2.45, 2.75) is 6.42 Å². The van der Waals surface area contributed by atoms with Crippen LogP contribution in [0.4, 0.5) is 0 Å². The van der Waals surface area contributed by atoms with Crippen LogP contribution in [0.3, 0.4) is 0 Å². The number of primary amides is 1. The quantitative estimate of drug-likeness (QED) is 0.703. The molecule has 0 saturated heterocycles. The summed E-state index contributed by atoms with van der Waals surface area (Å²) in [6.45, 7) is -0.0287. The molecule has 0 aliphatic heterocycles. The number of hydrogen-bond donors (Lipinski definition) is 2. The molecule has 0 fully saturated rings. The van der Waals surface area contributed by atoms with Crippen molar-refractivity contribution in [3.8, 4) is 28.8 Å². The summed E-state index contributed by atoms with van der Waals surface area (Å²) in [5, 5.41) is 18.0. The third kappa shape index (κ3) is 4.48. The van der Waals surface area contributed by atoms with Crippen molar-refractivity contribution < 1.29 is 14.6 Å². The number of carbonyl (C=O) groups excluding carboxylic acids is 1. The van der Waals surface area contributed by atoms with Gasteiger partial charge in [-0.25, -0.2) is 4.98 Å². The third-order valence-electron chi connectivity index (χ3n) is 3.91. The van der Waals surface area contributed by atoms with Crippen LogP contribution < -0.4 is 10.5 Å². The minimum Gasteiger partial charge on any atom is -0.457 e. The first kappa shape index (κ1) is 18.1. The van der Waals surface area contributed by atoms with Gasteiger partial charge in [0.1, 0.15) is 17.2 Å². The summed E-state index contributed by atoms with van der Waals surface area (Å²) in [4.78, 5) is 15.8. The van der Waals surface area contributed by atoms with Crippen molar-refractivity contribution in [2.75, 3.05) is 6.61 Å². The van der Waals surface area contributed by atoms with Crippen LogP contribution in [0, 0.1) is 11.3 Å². The fraction of sp³-hybridized carbons (Fsp3) is 0.0952. The first-order chi connectivity index (χ1) is 13.1. The summed E-state index contributed by atoms with van der Waals surface area (Å²) in [6.07, 6.45) is 0.412. The van der Waals surface area contributed by atoms with Gasteiger partial charge in [-0.3, -0.25) is 4.79 Å². The molecule has 3 rings (SSSR count). The molecule has 1 aromatic heterocycles. The second kappa shape index (κ2) is 8.13. The number of amides is 1. The number of nitrogens with zero attached hydrogens (tertiary/aromatic N) is 2. The molecule has 0 radical (unpaired) electrons. The average molecular weight is 359 g/mol. The van der Waals surface area contributed by atoms with E-state index in [0.29, 0.717) is 29.2 Å². The summed E-state index contributed by atoms with van der Waals surface area (Å²) in [6, 6.07) is 19.5. The van der Waals surface area contributed by atoms with Crippen LogP contribution in [0.1, 0.15) is 21.6 Å². The van der Waals surface area contributed by atoms with Crippen LogP contribution in [-0.4, -0.2) is 22.6 Å². The predicted octanol–water partition coefficient (Wildman–Crippen LogP) is 3.05. The molecule has 27 heavy (non-hydrogen) atoms. The van der Waals surface area contributed by atoms with Crippen molar-refractivity contribution in [3.63, 3.8) is 0 Å². The standard InChI is InChI=1S/C21H17N3O3/c22-13-14-1-5-17(6-2-14)27-18-7-3-16(4-8-18)19-11-15(9-10-25)12-20(24-19)21(23)26/h1-8,11-12,25H,9-10H2,(H2,23,26). The Morgan fingerprint density at radius 1 is 1.07 bits per heavy atom. The van der Waals surface area contributed by atoms with Crippen LogP contribution >= 0.6 is 0 Å². The zero-order valence-electron chi connectivity index (χ0n) is 14.4. The molecule has 6 nitrogen and oxygen atoms in total. The van der Waals surface area contributed by atoms with Crippen LogP contribution in [0.25, 0.3) is 11.3 Å². The van der Waals surface area contributed by atoms with Gasteiger partial charge in [-0.1, -0.05) is 0 Å². The highest BCUT2D eigenvalue weighted by Crippen LogP contribution is 2.26. The van der Waals surface area contributed by atoms with E-state index in [9.17, 15) is 4.79 Å². The predicted molar refractivity (Wildman–Crippen MR) is 100 cm³/mol. The Hall–Kier alpha value is -3.69. The molecule has 0 bridgehead atoms. The van der Waals surface area contributed by atoms with Crippen molar-refractivity contribution in [1.82, 2.24) is 4.98 Å². The number of nitrogens with two attached hydrogens (primary N) is 1. The number of nitriles is 1. The molecule has 3 aromatic rings. The number of aromatic nitrogens is 1. The number of aliphatic hydroxyl groups is 1. The largest absolute Gasteiger partial charge is 0.457 e. The van der Waals surface area contributed by atoms with Crippen LogP contribution in [0.15, 0.2) is 60.7 Å². The second-order valence-electron chi connectivity index (χ2n) is 5.85. The fourth-order valence-electron chi connectivity index (χ4n) is 2.56. The molecule has 0 saturated carbocycles. The van der Waals surface area contributed by atoms with Gasteiger partial charge in [0.15, 0.2) is 0 Å². The number of aliphatic hydroxyl groups excluding tert-OH is 1. The number of benzene rings is 2. The number of ether oxygens (including phenoxy) is 1. The third-order valence-corrected chi connectivity index (χ3v) is 3.91. The van der Waals surface area contributed by atoms with Crippen molar-refractivity contribution in [2.24, 2.45) is 5.73 Å². The molecule has 6 heteroatoms. The molecule has 0 aliphatic rings. The van der Waals surface area contributed by atoms with Gasteiger partial charge in [0.2, 0.25) is 0 Å². The fourth-order valence-corrected chi connectivity index (χ4v) is 2.56. The Morgan fingerprint density at radius 3 is 2.26 bits per heavy atom. The van der Waals surface area contributed by atoms with Gasteiger partial charge in [-0.15, -0.1) is 0 Å². The van der Waals surface area contributed by atoms with E-state index >= 15 is 0 Å². The Kier molecular flexibility index (Phi) is 5.45. The normalized spacial score (nSPS) is 10.2. The maximum atomic E-state index is 11.5. The molecule has 0 spiro atoms. The summed E-state index contributed by atoms with van der Waals surface area (Å²) in [5.74, 6) is 0.641. The molecule has 0 unspecified atom stereocenters. The van der Waals surface area contributed by atoms with E-state index in [1.165, 1.54) is 0 Å². The SMILES string of the molecule is N#Cc1ccc(Oc2ccc(-c3cc(CCO)cc(C(N)=O)n3)cc2)cc1. The first-order valence-corrected chi connectivity index (χ1v) is 8.29. The first-order valence-electron chi connectivity index (χ1n) is 8.29. The monoisotopic (exact) mass is 359 g/mol. The number of rotatable bonds is 6. The average Bonchev–Trinajstić information content (AvgIpc) is 2.69. The van der Waals surface area contributed by atoms with Gasteiger partial charge in [-0.2, -0.15) is 5.26 Å². The zero-order valence-corrected chi connectivity index (χ0v) is 14.4. The lowest BCUT2D eigenvalue weighted by molar-refractivity contribution is 0.0995. The van der Waals surface area contributed by atoms with Gasteiger partial charge in [0.05, 0.1) is 17.3 Å². The van der Waals surface area contributed by atoms with Crippen LogP contribution in [0.5, 0.6) is 11.5 Å². The lowest BCUT2D eigenvalue weighted by Crippen LogP contribution is -2.14. The van der Waals surface area contributed by atoms with Gasteiger partial charge >= 0.3 is 0 Å². The van der Waals surface area contributed by atoms with Gasteiger partial charge in [0.25, 0.3) is 5.91 Å². The van der Waals surface area contributed by atoms with Crippen molar-refractivity contribution in [1.29, 1.82) is 5.26 Å². The van der Waals surface area contributed by atoms with E-state index in [1.807, 2.05) is 18.2 Å². The van der Waals surface area contributed by atoms with Crippen LogP contribution in [-0.2, 0) is 6.42 Å². The summed E-state index contributed by atoms with van der Waals surface area (Å²) in [7, 11) is 0. The molecule has 134 valence electrons. The molecule has 1 heterocycles. The molecular formula is C21H17N3O3. The Morgan fingerprint density at radius 2 is 1.70 bits per heavy atom. The molecule has 1 amide bonds. The Balaban J connectivity index is 1.84.